The van der Waals surface area contributed by atoms with Crippen molar-refractivity contribution in [2.45, 2.75) is 46.5 Å². The lowest BCUT2D eigenvalue weighted by molar-refractivity contribution is 0.459. The summed E-state index contributed by atoms with van der Waals surface area (Å²) in [5, 5.41) is 10.0. The van der Waals surface area contributed by atoms with E-state index in [1.165, 1.54) is 5.56 Å². The Morgan fingerprint density at radius 1 is 1.07 bits per heavy atom. The van der Waals surface area contributed by atoms with Crippen LogP contribution in [0, 0.1) is 6.92 Å². The molecule has 0 heterocycles. The van der Waals surface area contributed by atoms with Crippen LogP contribution >= 0.6 is 0 Å². The number of benzene rings is 1. The Labute approximate surface area is 86.8 Å². The van der Waals surface area contributed by atoms with Crippen molar-refractivity contribution >= 4 is 0 Å². The first-order valence-corrected chi connectivity index (χ1v) is 5.51. The summed E-state index contributed by atoms with van der Waals surface area (Å²) in [6, 6.07) is 4.17. The minimum Gasteiger partial charge on any atom is -0.507 e. The molecule has 1 nitrogen and oxygen atoms in total. The highest BCUT2D eigenvalue weighted by atomic mass is 16.3. The van der Waals surface area contributed by atoms with E-state index in [0.717, 1.165) is 36.8 Å². The van der Waals surface area contributed by atoms with Gasteiger partial charge in [0.25, 0.3) is 0 Å². The van der Waals surface area contributed by atoms with E-state index in [0.29, 0.717) is 5.75 Å². The van der Waals surface area contributed by atoms with E-state index >= 15 is 0 Å². The first-order valence-electron chi connectivity index (χ1n) is 5.51. The number of rotatable bonds is 4. The fraction of sp³-hybridized carbons (Fsp3) is 0.538. The van der Waals surface area contributed by atoms with Crippen LogP contribution in [0.3, 0.4) is 0 Å². The first kappa shape index (κ1) is 11.1. The second-order valence-corrected chi connectivity index (χ2v) is 3.87. The zero-order valence-corrected chi connectivity index (χ0v) is 9.43. The Morgan fingerprint density at radius 2 is 1.71 bits per heavy atom. The van der Waals surface area contributed by atoms with Gasteiger partial charge in [0.2, 0.25) is 0 Å². The van der Waals surface area contributed by atoms with Gasteiger partial charge in [0, 0.05) is 0 Å². The van der Waals surface area contributed by atoms with E-state index in [2.05, 4.69) is 26.8 Å². The largest absolute Gasteiger partial charge is 0.507 e. The van der Waals surface area contributed by atoms with Crippen LogP contribution in [-0.4, -0.2) is 5.11 Å². The van der Waals surface area contributed by atoms with Crippen LogP contribution in [0.4, 0.5) is 0 Å². The third-order valence-corrected chi connectivity index (χ3v) is 2.62. The highest BCUT2D eigenvalue weighted by Crippen LogP contribution is 2.27. The summed E-state index contributed by atoms with van der Waals surface area (Å²) >= 11 is 0. The maximum absolute atomic E-state index is 10.0. The van der Waals surface area contributed by atoms with Crippen LogP contribution in [-0.2, 0) is 12.8 Å². The van der Waals surface area contributed by atoms with Crippen molar-refractivity contribution in [3.63, 3.8) is 0 Å². The molecule has 0 saturated heterocycles. The van der Waals surface area contributed by atoms with Gasteiger partial charge >= 0.3 is 0 Å². The Balaban J connectivity index is 3.05. The van der Waals surface area contributed by atoms with Crippen LogP contribution in [0.15, 0.2) is 12.1 Å². The SMILES string of the molecule is CCCc1ccc(C)c(CCC)c1O. The zero-order chi connectivity index (χ0) is 10.6. The summed E-state index contributed by atoms with van der Waals surface area (Å²) in [5.74, 6) is 0.536. The summed E-state index contributed by atoms with van der Waals surface area (Å²) in [7, 11) is 0. The summed E-state index contributed by atoms with van der Waals surface area (Å²) in [5.41, 5.74) is 3.45. The van der Waals surface area contributed by atoms with Crippen molar-refractivity contribution in [3.8, 4) is 5.75 Å². The molecule has 0 bridgehead atoms. The fourth-order valence-electron chi connectivity index (χ4n) is 1.82. The molecule has 1 aromatic carbocycles. The van der Waals surface area contributed by atoms with E-state index < -0.39 is 0 Å². The minimum atomic E-state index is 0.536. The third kappa shape index (κ3) is 2.28. The first-order chi connectivity index (χ1) is 6.70. The lowest BCUT2D eigenvalue weighted by atomic mass is 9.97. The van der Waals surface area contributed by atoms with Crippen molar-refractivity contribution in [2.24, 2.45) is 0 Å². The lowest BCUT2D eigenvalue weighted by Gasteiger charge is -2.11. The van der Waals surface area contributed by atoms with Gasteiger partial charge in [-0.05, 0) is 36.5 Å². The molecule has 0 unspecified atom stereocenters. The van der Waals surface area contributed by atoms with Gasteiger partial charge in [-0.3, -0.25) is 0 Å². The fourth-order valence-corrected chi connectivity index (χ4v) is 1.82. The Bertz CT molecular complexity index is 302. The molecule has 1 heteroatoms. The number of phenols is 1. The molecule has 0 radical (unpaired) electrons. The Hall–Kier alpha value is -0.980. The third-order valence-electron chi connectivity index (χ3n) is 2.62. The van der Waals surface area contributed by atoms with Crippen LogP contribution < -0.4 is 0 Å². The molecule has 0 saturated carbocycles. The van der Waals surface area contributed by atoms with Crippen molar-refractivity contribution in [1.82, 2.24) is 0 Å². The predicted molar refractivity (Wildman–Crippen MR) is 60.8 cm³/mol. The van der Waals surface area contributed by atoms with Gasteiger partial charge in [0.05, 0.1) is 0 Å². The van der Waals surface area contributed by atoms with E-state index in [9.17, 15) is 5.11 Å². The number of aryl methyl sites for hydroxylation is 2. The summed E-state index contributed by atoms with van der Waals surface area (Å²) in [4.78, 5) is 0. The van der Waals surface area contributed by atoms with Crippen LogP contribution in [0.25, 0.3) is 0 Å². The highest BCUT2D eigenvalue weighted by molar-refractivity contribution is 5.45. The van der Waals surface area contributed by atoms with E-state index in [1.807, 2.05) is 6.07 Å². The molecule has 78 valence electrons. The normalized spacial score (nSPS) is 10.5. The zero-order valence-electron chi connectivity index (χ0n) is 9.43. The van der Waals surface area contributed by atoms with E-state index in [4.69, 9.17) is 0 Å². The molecule has 0 aromatic heterocycles. The van der Waals surface area contributed by atoms with Crippen molar-refractivity contribution in [2.75, 3.05) is 0 Å². The molecule has 0 aliphatic rings. The van der Waals surface area contributed by atoms with Gasteiger partial charge in [0.1, 0.15) is 5.75 Å². The highest BCUT2D eigenvalue weighted by Gasteiger charge is 2.08. The van der Waals surface area contributed by atoms with E-state index in [-0.39, 0.29) is 0 Å². The van der Waals surface area contributed by atoms with Gasteiger partial charge in [-0.2, -0.15) is 0 Å². The maximum Gasteiger partial charge on any atom is 0.122 e. The molecule has 0 spiro atoms. The molecule has 0 fully saturated rings. The lowest BCUT2D eigenvalue weighted by Crippen LogP contribution is -1.94. The number of phenolic OH excluding ortho intramolecular Hbond substituents is 1. The maximum atomic E-state index is 10.0. The number of aromatic hydroxyl groups is 1. The molecule has 1 N–H and O–H groups in total. The molecule has 0 atom stereocenters. The van der Waals surface area contributed by atoms with Gasteiger partial charge in [-0.25, -0.2) is 0 Å². The standard InChI is InChI=1S/C13H20O/c1-4-6-11-9-8-10(3)12(7-5-2)13(11)14/h8-9,14H,4-7H2,1-3H3. The quantitative estimate of drug-likeness (QED) is 0.772. The molecule has 14 heavy (non-hydrogen) atoms. The summed E-state index contributed by atoms with van der Waals surface area (Å²) in [6.07, 6.45) is 4.13. The monoisotopic (exact) mass is 192 g/mol. The van der Waals surface area contributed by atoms with Crippen molar-refractivity contribution < 1.29 is 5.11 Å². The van der Waals surface area contributed by atoms with Crippen LogP contribution in [0.2, 0.25) is 0 Å². The second-order valence-electron chi connectivity index (χ2n) is 3.87. The molecular formula is C13H20O. The average Bonchev–Trinajstić information content (AvgIpc) is 2.17. The minimum absolute atomic E-state index is 0.536. The van der Waals surface area contributed by atoms with Gasteiger partial charge in [-0.1, -0.05) is 38.8 Å². The molecule has 1 rings (SSSR count). The Morgan fingerprint density at radius 3 is 2.29 bits per heavy atom. The summed E-state index contributed by atoms with van der Waals surface area (Å²) < 4.78 is 0. The molecule has 1 aromatic rings. The van der Waals surface area contributed by atoms with Crippen LogP contribution in [0.5, 0.6) is 5.75 Å². The van der Waals surface area contributed by atoms with Gasteiger partial charge in [0.15, 0.2) is 0 Å². The molecule has 0 aliphatic carbocycles. The number of hydrogen-bond acceptors (Lipinski definition) is 1. The average molecular weight is 192 g/mol. The van der Waals surface area contributed by atoms with Gasteiger partial charge < -0.3 is 5.11 Å². The molecular weight excluding hydrogens is 172 g/mol. The predicted octanol–water partition coefficient (Wildman–Crippen LogP) is 3.61. The van der Waals surface area contributed by atoms with Gasteiger partial charge in [-0.15, -0.1) is 0 Å². The molecule has 0 aliphatic heterocycles. The Kier molecular flexibility index (Phi) is 3.99. The van der Waals surface area contributed by atoms with Crippen molar-refractivity contribution in [3.05, 3.63) is 28.8 Å². The van der Waals surface area contributed by atoms with Crippen molar-refractivity contribution in [1.29, 1.82) is 0 Å². The number of hydrogen-bond donors (Lipinski definition) is 1. The van der Waals surface area contributed by atoms with Crippen LogP contribution in [0.1, 0.15) is 43.4 Å². The second kappa shape index (κ2) is 5.04. The smallest absolute Gasteiger partial charge is 0.122 e. The van der Waals surface area contributed by atoms with E-state index in [1.54, 1.807) is 0 Å². The summed E-state index contributed by atoms with van der Waals surface area (Å²) in [6.45, 7) is 6.35. The topological polar surface area (TPSA) is 20.2 Å². The molecule has 0 amide bonds.